The molecule has 3 aromatic heterocycles. The molecular weight excluding hydrogens is 414 g/mol. The summed E-state index contributed by atoms with van der Waals surface area (Å²) >= 11 is 6.41. The molecule has 1 aliphatic rings. The van der Waals surface area contributed by atoms with Crippen LogP contribution in [0.5, 0.6) is 0 Å². The predicted molar refractivity (Wildman–Crippen MR) is 123 cm³/mol. The SMILES string of the molecule is CCC1CN(c2ccc(C)nn2)CCC1Nc1nc(Nc2cc(C)n(C)n2)ncc1Cl. The molecule has 1 aliphatic heterocycles. The zero-order valence-corrected chi connectivity index (χ0v) is 19.1. The number of aromatic nitrogens is 6. The molecule has 0 aromatic carbocycles. The van der Waals surface area contributed by atoms with Crippen LogP contribution in [0.2, 0.25) is 5.02 Å². The van der Waals surface area contributed by atoms with Gasteiger partial charge in [-0.15, -0.1) is 5.10 Å². The quantitative estimate of drug-likeness (QED) is 0.597. The molecular formula is C21H28ClN9. The number of aryl methyl sites for hydroxylation is 3. The Balaban J connectivity index is 1.46. The van der Waals surface area contributed by atoms with Gasteiger partial charge in [-0.25, -0.2) is 4.98 Å². The van der Waals surface area contributed by atoms with Gasteiger partial charge in [0.1, 0.15) is 5.02 Å². The molecule has 2 atom stereocenters. The van der Waals surface area contributed by atoms with Crippen LogP contribution in [0, 0.1) is 19.8 Å². The van der Waals surface area contributed by atoms with Crippen molar-refractivity contribution in [3.05, 3.63) is 40.8 Å². The van der Waals surface area contributed by atoms with Crippen LogP contribution >= 0.6 is 11.6 Å². The molecule has 0 radical (unpaired) electrons. The topological polar surface area (TPSA) is 96.7 Å². The molecule has 31 heavy (non-hydrogen) atoms. The molecule has 1 saturated heterocycles. The maximum absolute atomic E-state index is 6.41. The maximum atomic E-state index is 6.41. The summed E-state index contributed by atoms with van der Waals surface area (Å²) in [6.07, 6.45) is 3.61. The zero-order chi connectivity index (χ0) is 22.0. The lowest BCUT2D eigenvalue weighted by atomic mass is 9.90. The highest BCUT2D eigenvalue weighted by molar-refractivity contribution is 6.32. The second kappa shape index (κ2) is 9.05. The van der Waals surface area contributed by atoms with Gasteiger partial charge in [-0.2, -0.15) is 15.2 Å². The van der Waals surface area contributed by atoms with Crippen LogP contribution < -0.4 is 15.5 Å². The van der Waals surface area contributed by atoms with Crippen molar-refractivity contribution in [3.63, 3.8) is 0 Å². The molecule has 9 nitrogen and oxygen atoms in total. The van der Waals surface area contributed by atoms with Crippen molar-refractivity contribution in [2.75, 3.05) is 28.6 Å². The highest BCUT2D eigenvalue weighted by Crippen LogP contribution is 2.29. The van der Waals surface area contributed by atoms with Crippen LogP contribution in [0.15, 0.2) is 24.4 Å². The van der Waals surface area contributed by atoms with E-state index in [2.05, 4.69) is 47.7 Å². The van der Waals surface area contributed by atoms with Crippen LogP contribution in [0.4, 0.5) is 23.4 Å². The summed E-state index contributed by atoms with van der Waals surface area (Å²) in [4.78, 5) is 11.2. The van der Waals surface area contributed by atoms with Crippen LogP contribution in [0.1, 0.15) is 31.2 Å². The van der Waals surface area contributed by atoms with E-state index < -0.39 is 0 Å². The summed E-state index contributed by atoms with van der Waals surface area (Å²) in [7, 11) is 1.90. The molecule has 0 saturated carbocycles. The Labute approximate surface area is 187 Å². The van der Waals surface area contributed by atoms with Crippen molar-refractivity contribution in [3.8, 4) is 0 Å². The number of nitrogens with one attached hydrogen (secondary N) is 2. The molecule has 10 heteroatoms. The zero-order valence-electron chi connectivity index (χ0n) is 18.3. The number of piperidine rings is 1. The van der Waals surface area contributed by atoms with Gasteiger partial charge in [0.05, 0.1) is 11.9 Å². The summed E-state index contributed by atoms with van der Waals surface area (Å²) in [5, 5.41) is 20.2. The molecule has 4 heterocycles. The lowest BCUT2D eigenvalue weighted by molar-refractivity contribution is 0.365. The number of halogens is 1. The van der Waals surface area contributed by atoms with Gasteiger partial charge in [0.15, 0.2) is 17.5 Å². The van der Waals surface area contributed by atoms with E-state index in [4.69, 9.17) is 11.6 Å². The van der Waals surface area contributed by atoms with E-state index in [9.17, 15) is 0 Å². The van der Waals surface area contributed by atoms with Crippen LogP contribution in [0.3, 0.4) is 0 Å². The second-order valence-corrected chi connectivity index (χ2v) is 8.40. The average Bonchev–Trinajstić information content (AvgIpc) is 3.08. The third-order valence-corrected chi connectivity index (χ3v) is 6.06. The monoisotopic (exact) mass is 441 g/mol. The molecule has 2 unspecified atom stereocenters. The van der Waals surface area contributed by atoms with Gasteiger partial charge in [-0.3, -0.25) is 4.68 Å². The lowest BCUT2D eigenvalue weighted by Crippen LogP contribution is -2.46. The van der Waals surface area contributed by atoms with Gasteiger partial charge >= 0.3 is 0 Å². The first-order chi connectivity index (χ1) is 14.9. The van der Waals surface area contributed by atoms with Crippen LogP contribution in [-0.2, 0) is 7.05 Å². The first-order valence-electron chi connectivity index (χ1n) is 10.5. The molecule has 164 valence electrons. The molecule has 0 amide bonds. The summed E-state index contributed by atoms with van der Waals surface area (Å²) < 4.78 is 1.80. The van der Waals surface area contributed by atoms with Crippen molar-refractivity contribution in [2.45, 2.75) is 39.7 Å². The van der Waals surface area contributed by atoms with E-state index in [0.717, 1.165) is 43.1 Å². The van der Waals surface area contributed by atoms with Gasteiger partial charge in [0.25, 0.3) is 0 Å². The smallest absolute Gasteiger partial charge is 0.230 e. The van der Waals surface area contributed by atoms with Crippen molar-refractivity contribution in [1.29, 1.82) is 0 Å². The summed E-state index contributed by atoms with van der Waals surface area (Å²) in [5.41, 5.74) is 1.97. The van der Waals surface area contributed by atoms with E-state index in [-0.39, 0.29) is 6.04 Å². The summed E-state index contributed by atoms with van der Waals surface area (Å²) in [6.45, 7) is 7.96. The van der Waals surface area contributed by atoms with Crippen molar-refractivity contribution < 1.29 is 0 Å². The van der Waals surface area contributed by atoms with Crippen molar-refractivity contribution in [2.24, 2.45) is 13.0 Å². The Morgan fingerprint density at radius 2 is 2.06 bits per heavy atom. The number of anilines is 4. The molecule has 2 N–H and O–H groups in total. The second-order valence-electron chi connectivity index (χ2n) is 8.00. The average molecular weight is 442 g/mol. The maximum Gasteiger partial charge on any atom is 0.230 e. The fourth-order valence-electron chi connectivity index (χ4n) is 3.84. The van der Waals surface area contributed by atoms with Crippen LogP contribution in [0.25, 0.3) is 0 Å². The minimum Gasteiger partial charge on any atom is -0.366 e. The molecule has 0 aliphatic carbocycles. The third kappa shape index (κ3) is 4.87. The van der Waals surface area contributed by atoms with Crippen molar-refractivity contribution >= 4 is 35.0 Å². The fraction of sp³-hybridized carbons (Fsp3) is 0.476. The molecule has 3 aromatic rings. The number of hydrogen-bond acceptors (Lipinski definition) is 8. The number of hydrogen-bond donors (Lipinski definition) is 2. The Morgan fingerprint density at radius 3 is 2.74 bits per heavy atom. The largest absolute Gasteiger partial charge is 0.366 e. The third-order valence-electron chi connectivity index (χ3n) is 5.79. The highest BCUT2D eigenvalue weighted by atomic mass is 35.5. The van der Waals surface area contributed by atoms with E-state index in [1.807, 2.05) is 39.1 Å². The Morgan fingerprint density at radius 1 is 1.23 bits per heavy atom. The van der Waals surface area contributed by atoms with Gasteiger partial charge in [-0.05, 0) is 44.7 Å². The van der Waals surface area contributed by atoms with E-state index in [1.54, 1.807) is 10.9 Å². The van der Waals surface area contributed by atoms with E-state index >= 15 is 0 Å². The number of nitrogens with zero attached hydrogens (tertiary/aromatic N) is 7. The minimum atomic E-state index is 0.261. The minimum absolute atomic E-state index is 0.261. The first kappa shape index (κ1) is 21.3. The number of rotatable bonds is 6. The highest BCUT2D eigenvalue weighted by Gasteiger charge is 2.29. The Hall–Kier alpha value is -2.94. The van der Waals surface area contributed by atoms with Crippen molar-refractivity contribution in [1.82, 2.24) is 29.9 Å². The normalized spacial score (nSPS) is 18.8. The molecule has 0 bridgehead atoms. The Kier molecular flexibility index (Phi) is 6.22. The molecule has 1 fully saturated rings. The molecule has 0 spiro atoms. The predicted octanol–water partition coefficient (Wildman–Crippen LogP) is 3.73. The summed E-state index contributed by atoms with van der Waals surface area (Å²) in [6, 6.07) is 6.26. The first-order valence-corrected chi connectivity index (χ1v) is 10.9. The van der Waals surface area contributed by atoms with Gasteiger partial charge in [-0.1, -0.05) is 18.5 Å². The van der Waals surface area contributed by atoms with Gasteiger partial charge < -0.3 is 15.5 Å². The lowest BCUT2D eigenvalue weighted by Gasteiger charge is -2.39. The van der Waals surface area contributed by atoms with Gasteiger partial charge in [0, 0.05) is 37.9 Å². The van der Waals surface area contributed by atoms with Crippen LogP contribution in [-0.4, -0.2) is 49.1 Å². The fourth-order valence-corrected chi connectivity index (χ4v) is 3.99. The Bertz CT molecular complexity index is 1010. The summed E-state index contributed by atoms with van der Waals surface area (Å²) in [5.74, 6) is 3.16. The van der Waals surface area contributed by atoms with E-state index in [1.165, 1.54) is 0 Å². The van der Waals surface area contributed by atoms with E-state index in [0.29, 0.717) is 28.5 Å². The molecule has 4 rings (SSSR count). The standard InChI is InChI=1S/C21H28ClN9/c1-5-15-12-31(19-7-6-13(2)27-28-19)9-8-17(15)24-20-16(22)11-23-21(26-20)25-18-10-14(3)30(4)29-18/h6-7,10-11,15,17H,5,8-9,12H2,1-4H3,(H2,23,24,25,26,29). The van der Waals surface area contributed by atoms with Gasteiger partial charge in [0.2, 0.25) is 5.95 Å².